The Morgan fingerprint density at radius 1 is 1.22 bits per heavy atom. The molecule has 124 valence electrons. The summed E-state index contributed by atoms with van der Waals surface area (Å²) < 4.78 is 11.1. The lowest BCUT2D eigenvalue weighted by Gasteiger charge is -2.29. The normalized spacial score (nSPS) is 28.5. The SMILES string of the molecule is O=C(Cc1cc(Cl)c2c(c1)OCCO2)NC1CC2CCC(C1)N2. The fourth-order valence-corrected chi connectivity index (χ4v) is 4.19. The molecule has 3 aliphatic rings. The Kier molecular flexibility index (Phi) is 4.07. The molecule has 5 nitrogen and oxygen atoms in total. The van der Waals surface area contributed by atoms with Gasteiger partial charge in [-0.1, -0.05) is 11.6 Å². The van der Waals surface area contributed by atoms with Gasteiger partial charge < -0.3 is 20.1 Å². The molecular weight excluding hydrogens is 316 g/mol. The van der Waals surface area contributed by atoms with E-state index in [-0.39, 0.29) is 11.9 Å². The molecule has 0 spiro atoms. The summed E-state index contributed by atoms with van der Waals surface area (Å²) in [5.74, 6) is 1.26. The Morgan fingerprint density at radius 2 is 1.96 bits per heavy atom. The van der Waals surface area contributed by atoms with E-state index in [0.717, 1.165) is 18.4 Å². The Balaban J connectivity index is 1.40. The van der Waals surface area contributed by atoms with Crippen molar-refractivity contribution in [1.82, 2.24) is 10.6 Å². The first-order chi connectivity index (χ1) is 11.2. The highest BCUT2D eigenvalue weighted by molar-refractivity contribution is 6.32. The molecule has 2 unspecified atom stereocenters. The van der Waals surface area contributed by atoms with Crippen LogP contribution in [0.25, 0.3) is 0 Å². The average molecular weight is 337 g/mol. The van der Waals surface area contributed by atoms with Crippen LogP contribution in [0.5, 0.6) is 11.5 Å². The molecule has 1 amide bonds. The second-order valence-electron chi connectivity index (χ2n) is 6.65. The van der Waals surface area contributed by atoms with Gasteiger partial charge in [0, 0.05) is 18.1 Å². The van der Waals surface area contributed by atoms with Crippen molar-refractivity contribution in [3.05, 3.63) is 22.7 Å². The Morgan fingerprint density at radius 3 is 2.74 bits per heavy atom. The Hall–Kier alpha value is -1.46. The number of hydrogen-bond acceptors (Lipinski definition) is 4. The molecule has 2 N–H and O–H groups in total. The lowest BCUT2D eigenvalue weighted by atomic mass is 9.99. The summed E-state index contributed by atoms with van der Waals surface area (Å²) in [5, 5.41) is 7.26. The van der Waals surface area contributed by atoms with Gasteiger partial charge in [-0.25, -0.2) is 0 Å². The number of fused-ring (bicyclic) bond motifs is 3. The van der Waals surface area contributed by atoms with Crippen LogP contribution in [-0.2, 0) is 11.2 Å². The minimum absolute atomic E-state index is 0.0454. The lowest BCUT2D eigenvalue weighted by Crippen LogP contribution is -2.48. The molecule has 2 saturated heterocycles. The molecule has 0 aromatic heterocycles. The highest BCUT2D eigenvalue weighted by Gasteiger charge is 2.34. The van der Waals surface area contributed by atoms with Crippen molar-refractivity contribution in [2.45, 2.75) is 50.2 Å². The van der Waals surface area contributed by atoms with E-state index in [4.69, 9.17) is 21.1 Å². The van der Waals surface area contributed by atoms with Crippen LogP contribution in [0.2, 0.25) is 5.02 Å². The maximum absolute atomic E-state index is 12.3. The topological polar surface area (TPSA) is 59.6 Å². The van der Waals surface area contributed by atoms with Crippen molar-refractivity contribution in [3.8, 4) is 11.5 Å². The first-order valence-corrected chi connectivity index (χ1v) is 8.68. The number of amides is 1. The van der Waals surface area contributed by atoms with E-state index in [1.807, 2.05) is 6.07 Å². The van der Waals surface area contributed by atoms with Gasteiger partial charge in [-0.05, 0) is 43.4 Å². The summed E-state index contributed by atoms with van der Waals surface area (Å²) in [4.78, 5) is 12.3. The zero-order valence-corrected chi connectivity index (χ0v) is 13.7. The molecule has 1 aromatic rings. The van der Waals surface area contributed by atoms with Gasteiger partial charge in [0.15, 0.2) is 11.5 Å². The molecule has 2 atom stereocenters. The predicted octanol–water partition coefficient (Wildman–Crippen LogP) is 2.05. The van der Waals surface area contributed by atoms with Gasteiger partial charge in [0.2, 0.25) is 5.91 Å². The molecule has 3 heterocycles. The van der Waals surface area contributed by atoms with Crippen molar-refractivity contribution in [2.24, 2.45) is 0 Å². The molecule has 2 bridgehead atoms. The number of nitrogens with one attached hydrogen (secondary N) is 2. The number of ether oxygens (including phenoxy) is 2. The van der Waals surface area contributed by atoms with E-state index in [0.29, 0.717) is 48.2 Å². The van der Waals surface area contributed by atoms with Gasteiger partial charge in [-0.15, -0.1) is 0 Å². The van der Waals surface area contributed by atoms with Crippen LogP contribution < -0.4 is 20.1 Å². The minimum atomic E-state index is 0.0454. The van der Waals surface area contributed by atoms with Crippen LogP contribution in [0.15, 0.2) is 12.1 Å². The summed E-state index contributed by atoms with van der Waals surface area (Å²) in [5.41, 5.74) is 0.855. The number of carbonyl (C=O) groups excluding carboxylic acids is 1. The van der Waals surface area contributed by atoms with Gasteiger partial charge in [-0.2, -0.15) is 0 Å². The molecule has 3 aliphatic heterocycles. The van der Waals surface area contributed by atoms with Crippen LogP contribution in [0.4, 0.5) is 0 Å². The van der Waals surface area contributed by atoms with Gasteiger partial charge in [0.05, 0.1) is 11.4 Å². The zero-order chi connectivity index (χ0) is 15.8. The van der Waals surface area contributed by atoms with E-state index in [2.05, 4.69) is 10.6 Å². The van der Waals surface area contributed by atoms with Crippen LogP contribution in [0, 0.1) is 0 Å². The summed E-state index contributed by atoms with van der Waals surface area (Å²) in [6.45, 7) is 1.02. The quantitative estimate of drug-likeness (QED) is 0.887. The number of benzene rings is 1. The maximum atomic E-state index is 12.3. The average Bonchev–Trinajstić information content (AvgIpc) is 2.86. The van der Waals surface area contributed by atoms with Crippen LogP contribution in [0.1, 0.15) is 31.2 Å². The summed E-state index contributed by atoms with van der Waals surface area (Å²) in [7, 11) is 0. The number of halogens is 1. The van der Waals surface area contributed by atoms with Crippen LogP contribution in [-0.4, -0.2) is 37.2 Å². The van der Waals surface area contributed by atoms with Gasteiger partial charge in [-0.3, -0.25) is 4.79 Å². The van der Waals surface area contributed by atoms with E-state index in [1.54, 1.807) is 6.07 Å². The molecule has 2 fully saturated rings. The molecule has 0 aliphatic carbocycles. The lowest BCUT2D eigenvalue weighted by molar-refractivity contribution is -0.121. The number of piperidine rings is 1. The fourth-order valence-electron chi connectivity index (χ4n) is 3.91. The Labute approximate surface area is 140 Å². The second-order valence-corrected chi connectivity index (χ2v) is 7.06. The van der Waals surface area contributed by atoms with E-state index in [1.165, 1.54) is 12.8 Å². The highest BCUT2D eigenvalue weighted by Crippen LogP contribution is 2.38. The van der Waals surface area contributed by atoms with Crippen molar-refractivity contribution in [3.63, 3.8) is 0 Å². The van der Waals surface area contributed by atoms with E-state index < -0.39 is 0 Å². The predicted molar refractivity (Wildman–Crippen MR) is 87.3 cm³/mol. The molecule has 1 aromatic carbocycles. The van der Waals surface area contributed by atoms with Crippen LogP contribution >= 0.6 is 11.6 Å². The van der Waals surface area contributed by atoms with Crippen molar-refractivity contribution >= 4 is 17.5 Å². The van der Waals surface area contributed by atoms with Gasteiger partial charge in [0.25, 0.3) is 0 Å². The third kappa shape index (κ3) is 3.26. The molecule has 4 rings (SSSR count). The molecule has 0 radical (unpaired) electrons. The van der Waals surface area contributed by atoms with E-state index in [9.17, 15) is 4.79 Å². The third-order valence-corrected chi connectivity index (χ3v) is 5.14. The van der Waals surface area contributed by atoms with Crippen molar-refractivity contribution < 1.29 is 14.3 Å². The number of rotatable bonds is 3. The Bertz CT molecular complexity index is 610. The standard InChI is InChI=1S/C17H21ClN2O3/c18-14-5-10(6-15-17(14)23-4-3-22-15)7-16(21)20-13-8-11-1-2-12(9-13)19-11/h5-6,11-13,19H,1-4,7-9H2,(H,20,21). The summed E-state index contributed by atoms with van der Waals surface area (Å²) >= 11 is 6.22. The number of carbonyl (C=O) groups is 1. The highest BCUT2D eigenvalue weighted by atomic mass is 35.5. The van der Waals surface area contributed by atoms with Crippen LogP contribution in [0.3, 0.4) is 0 Å². The van der Waals surface area contributed by atoms with Gasteiger partial charge >= 0.3 is 0 Å². The third-order valence-electron chi connectivity index (χ3n) is 4.86. The molecule has 23 heavy (non-hydrogen) atoms. The zero-order valence-electron chi connectivity index (χ0n) is 12.9. The van der Waals surface area contributed by atoms with Gasteiger partial charge in [0.1, 0.15) is 13.2 Å². The summed E-state index contributed by atoms with van der Waals surface area (Å²) in [6.07, 6.45) is 4.84. The summed E-state index contributed by atoms with van der Waals surface area (Å²) in [6, 6.07) is 5.08. The van der Waals surface area contributed by atoms with Crippen molar-refractivity contribution in [1.29, 1.82) is 0 Å². The smallest absolute Gasteiger partial charge is 0.224 e. The monoisotopic (exact) mass is 336 g/mol. The second kappa shape index (κ2) is 6.21. The fraction of sp³-hybridized carbons (Fsp3) is 0.588. The molecular formula is C17H21ClN2O3. The molecule has 0 saturated carbocycles. The molecule has 6 heteroatoms. The largest absolute Gasteiger partial charge is 0.486 e. The maximum Gasteiger partial charge on any atom is 0.224 e. The van der Waals surface area contributed by atoms with Crippen molar-refractivity contribution in [2.75, 3.05) is 13.2 Å². The minimum Gasteiger partial charge on any atom is -0.486 e. The number of hydrogen-bond donors (Lipinski definition) is 2. The first-order valence-electron chi connectivity index (χ1n) is 8.31. The van der Waals surface area contributed by atoms with E-state index >= 15 is 0 Å². The first kappa shape index (κ1) is 15.1.